The molecule has 0 bridgehead atoms. The Bertz CT molecular complexity index is 928. The van der Waals surface area contributed by atoms with Gasteiger partial charge in [-0.3, -0.25) is 0 Å². The average molecular weight is 365 g/mol. The van der Waals surface area contributed by atoms with Crippen LogP contribution >= 0.6 is 0 Å². The van der Waals surface area contributed by atoms with Crippen LogP contribution in [-0.2, 0) is 11.2 Å². The van der Waals surface area contributed by atoms with E-state index in [1.54, 1.807) is 0 Å². The number of carbonyl (C=O) groups excluding carboxylic acids is 1. The van der Waals surface area contributed by atoms with E-state index in [2.05, 4.69) is 11.8 Å². The molecule has 1 spiro atoms. The van der Waals surface area contributed by atoms with Gasteiger partial charge in [0.1, 0.15) is 5.75 Å². The van der Waals surface area contributed by atoms with E-state index in [1.807, 2.05) is 38.1 Å². The first-order chi connectivity index (χ1) is 12.8. The maximum absolute atomic E-state index is 11.9. The number of carbonyl (C=O) groups is 1. The first-order valence-corrected chi connectivity index (χ1v) is 9.64. The fourth-order valence-corrected chi connectivity index (χ4v) is 4.76. The highest BCUT2D eigenvalue weighted by atomic mass is 16.5. The number of benzene rings is 2. The van der Waals surface area contributed by atoms with E-state index in [1.165, 1.54) is 37.6 Å². The van der Waals surface area contributed by atoms with Crippen molar-refractivity contribution in [1.29, 1.82) is 0 Å². The number of aromatic hydroxyl groups is 1. The Kier molecular flexibility index (Phi) is 4.17. The Morgan fingerprint density at radius 3 is 2.48 bits per heavy atom. The largest absolute Gasteiger partial charge is 0.508 e. The molecule has 0 amide bonds. The molecule has 2 aliphatic rings. The first-order valence-electron chi connectivity index (χ1n) is 9.64. The highest BCUT2D eigenvalue weighted by Gasteiger charge is 2.44. The van der Waals surface area contributed by atoms with E-state index in [9.17, 15) is 9.90 Å². The second-order valence-electron chi connectivity index (χ2n) is 8.26. The molecule has 0 saturated heterocycles. The Morgan fingerprint density at radius 2 is 1.89 bits per heavy atom. The molecule has 2 aromatic carbocycles. The van der Waals surface area contributed by atoms with Crippen LogP contribution in [0.5, 0.6) is 5.75 Å². The van der Waals surface area contributed by atoms with Gasteiger partial charge in [-0.2, -0.15) is 0 Å². The van der Waals surface area contributed by atoms with Crippen molar-refractivity contribution >= 4 is 17.3 Å². The zero-order valence-corrected chi connectivity index (χ0v) is 16.6. The van der Waals surface area contributed by atoms with Crippen molar-refractivity contribution in [2.45, 2.75) is 46.5 Å². The molecule has 1 aliphatic carbocycles. The van der Waals surface area contributed by atoms with Crippen molar-refractivity contribution < 1.29 is 14.6 Å². The van der Waals surface area contributed by atoms with E-state index < -0.39 is 0 Å². The van der Waals surface area contributed by atoms with Gasteiger partial charge in [0.25, 0.3) is 0 Å². The second-order valence-corrected chi connectivity index (χ2v) is 8.26. The number of hydrogen-bond donors (Lipinski definition) is 1. The molecule has 0 unspecified atom stereocenters. The normalized spacial score (nSPS) is 17.4. The number of phenols is 1. The van der Waals surface area contributed by atoms with Crippen LogP contribution in [0.2, 0.25) is 0 Å². The first kappa shape index (κ1) is 17.9. The summed E-state index contributed by atoms with van der Waals surface area (Å²) in [5.74, 6) is 0.0800. The number of rotatable bonds is 2. The van der Waals surface area contributed by atoms with Gasteiger partial charge < -0.3 is 14.7 Å². The van der Waals surface area contributed by atoms with Gasteiger partial charge in [0.2, 0.25) is 0 Å². The highest BCUT2D eigenvalue weighted by Crippen LogP contribution is 2.53. The number of aryl methyl sites for hydroxylation is 1. The average Bonchev–Trinajstić information content (AvgIpc) is 2.63. The molecule has 0 aromatic heterocycles. The lowest BCUT2D eigenvalue weighted by Crippen LogP contribution is -2.46. The van der Waals surface area contributed by atoms with Crippen molar-refractivity contribution in [3.8, 4) is 5.75 Å². The third kappa shape index (κ3) is 2.78. The minimum absolute atomic E-state index is 0.300. The smallest absolute Gasteiger partial charge is 0.337 e. The van der Waals surface area contributed by atoms with Crippen molar-refractivity contribution in [2.75, 3.05) is 18.6 Å². The van der Waals surface area contributed by atoms with Crippen molar-refractivity contribution in [1.82, 2.24) is 0 Å². The second kappa shape index (κ2) is 6.29. The molecule has 0 atom stereocenters. The Hall–Kier alpha value is -2.49. The summed E-state index contributed by atoms with van der Waals surface area (Å²) in [7, 11) is 1.41. The summed E-state index contributed by atoms with van der Waals surface area (Å²) in [6.45, 7) is 7.11. The van der Waals surface area contributed by atoms with Crippen LogP contribution in [-0.4, -0.2) is 24.7 Å². The molecule has 1 heterocycles. The van der Waals surface area contributed by atoms with Gasteiger partial charge in [-0.1, -0.05) is 6.42 Å². The standard InChI is InChI=1S/C23H27NO3/c1-14-10-17(22(26)27-4)6-7-19(14)24-13-23(8-5-9-23)12-18-11-20(25)15(2)16(3)21(18)24/h6-7,10-11,25H,5,8-9,12-13H2,1-4H3. The van der Waals surface area contributed by atoms with E-state index >= 15 is 0 Å². The number of esters is 1. The molecular weight excluding hydrogens is 338 g/mol. The van der Waals surface area contributed by atoms with Crippen LogP contribution in [0.25, 0.3) is 0 Å². The summed E-state index contributed by atoms with van der Waals surface area (Å²) in [4.78, 5) is 14.3. The molecule has 1 aliphatic heterocycles. The number of phenolic OH excluding ortho intramolecular Hbond substituents is 1. The lowest BCUT2D eigenvalue weighted by atomic mass is 9.63. The van der Waals surface area contributed by atoms with Crippen LogP contribution in [0.15, 0.2) is 24.3 Å². The fourth-order valence-electron chi connectivity index (χ4n) is 4.76. The zero-order valence-electron chi connectivity index (χ0n) is 16.6. The van der Waals surface area contributed by atoms with Gasteiger partial charge >= 0.3 is 5.97 Å². The Labute approximate surface area is 160 Å². The summed E-state index contributed by atoms with van der Waals surface area (Å²) in [6.07, 6.45) is 4.78. The molecule has 27 heavy (non-hydrogen) atoms. The third-order valence-corrected chi connectivity index (χ3v) is 6.57. The van der Waals surface area contributed by atoms with Gasteiger partial charge in [-0.05, 0) is 92.0 Å². The third-order valence-electron chi connectivity index (χ3n) is 6.57. The fraction of sp³-hybridized carbons (Fsp3) is 0.435. The van der Waals surface area contributed by atoms with E-state index in [4.69, 9.17) is 4.74 Å². The highest BCUT2D eigenvalue weighted by molar-refractivity contribution is 5.90. The Morgan fingerprint density at radius 1 is 1.15 bits per heavy atom. The van der Waals surface area contributed by atoms with Crippen LogP contribution < -0.4 is 4.90 Å². The van der Waals surface area contributed by atoms with E-state index in [0.29, 0.717) is 16.7 Å². The maximum Gasteiger partial charge on any atom is 0.337 e. The number of ether oxygens (including phenoxy) is 1. The monoisotopic (exact) mass is 365 g/mol. The number of hydrogen-bond acceptors (Lipinski definition) is 4. The summed E-state index contributed by atoms with van der Waals surface area (Å²) in [5, 5.41) is 10.4. The SMILES string of the molecule is COC(=O)c1ccc(N2CC3(CCC3)Cc3cc(O)c(C)c(C)c32)c(C)c1. The van der Waals surface area contributed by atoms with Crippen LogP contribution in [0, 0.1) is 26.2 Å². The van der Waals surface area contributed by atoms with Gasteiger partial charge in [-0.15, -0.1) is 0 Å². The molecule has 4 nitrogen and oxygen atoms in total. The Balaban J connectivity index is 1.85. The maximum atomic E-state index is 11.9. The van der Waals surface area contributed by atoms with Crippen LogP contribution in [0.3, 0.4) is 0 Å². The molecule has 4 rings (SSSR count). The van der Waals surface area contributed by atoms with E-state index in [-0.39, 0.29) is 5.97 Å². The number of fused-ring (bicyclic) bond motifs is 1. The van der Waals surface area contributed by atoms with Gasteiger partial charge in [0.05, 0.1) is 12.7 Å². The minimum atomic E-state index is -0.309. The van der Waals surface area contributed by atoms with Gasteiger partial charge in [0.15, 0.2) is 0 Å². The predicted octanol–water partition coefficient (Wildman–Crippen LogP) is 4.97. The summed E-state index contributed by atoms with van der Waals surface area (Å²) in [5.41, 5.74) is 7.59. The molecule has 1 saturated carbocycles. The molecular formula is C23H27NO3. The molecule has 1 fully saturated rings. The summed E-state index contributed by atoms with van der Waals surface area (Å²) in [6, 6.07) is 7.75. The number of methoxy groups -OCH3 is 1. The lowest BCUT2D eigenvalue weighted by Gasteiger charge is -2.51. The molecule has 2 aromatic rings. The van der Waals surface area contributed by atoms with Gasteiger partial charge in [-0.25, -0.2) is 4.79 Å². The number of anilines is 2. The molecule has 142 valence electrons. The van der Waals surface area contributed by atoms with E-state index in [0.717, 1.165) is 35.3 Å². The molecule has 4 heteroatoms. The summed E-state index contributed by atoms with van der Waals surface area (Å²) < 4.78 is 4.86. The minimum Gasteiger partial charge on any atom is -0.508 e. The predicted molar refractivity (Wildman–Crippen MR) is 107 cm³/mol. The lowest BCUT2D eigenvalue weighted by molar-refractivity contribution is 0.0600. The summed E-state index contributed by atoms with van der Waals surface area (Å²) >= 11 is 0. The van der Waals surface area contributed by atoms with Crippen molar-refractivity contribution in [2.24, 2.45) is 5.41 Å². The molecule has 1 N–H and O–H groups in total. The van der Waals surface area contributed by atoms with Crippen molar-refractivity contribution in [3.63, 3.8) is 0 Å². The molecule has 0 radical (unpaired) electrons. The van der Waals surface area contributed by atoms with Crippen molar-refractivity contribution in [3.05, 3.63) is 52.1 Å². The quantitative estimate of drug-likeness (QED) is 0.764. The zero-order chi connectivity index (χ0) is 19.3. The van der Waals surface area contributed by atoms with Crippen LogP contribution in [0.4, 0.5) is 11.4 Å². The van der Waals surface area contributed by atoms with Crippen LogP contribution in [0.1, 0.15) is 51.9 Å². The number of nitrogens with zero attached hydrogens (tertiary/aromatic N) is 1. The topological polar surface area (TPSA) is 49.8 Å². The van der Waals surface area contributed by atoms with Gasteiger partial charge in [0, 0.05) is 17.9 Å².